The number of methoxy groups -OCH3 is 2. The molecule has 0 fully saturated rings. The van der Waals surface area contributed by atoms with Crippen LogP contribution in [0.4, 0.5) is 0 Å². The Hall–Kier alpha value is -2.99. The molecular formula is C20H20O6. The summed E-state index contributed by atoms with van der Waals surface area (Å²) in [7, 11) is 3.17. The van der Waals surface area contributed by atoms with Crippen LogP contribution in [-0.2, 0) is 16.1 Å². The number of hydrogen-bond acceptors (Lipinski definition) is 6. The first-order valence-corrected chi connectivity index (χ1v) is 8.16. The second-order valence-corrected chi connectivity index (χ2v) is 5.50. The maximum Gasteiger partial charge on any atom is 0.374 e. The third-order valence-corrected chi connectivity index (χ3v) is 3.82. The molecule has 0 aliphatic rings. The molecular weight excluding hydrogens is 336 g/mol. The van der Waals surface area contributed by atoms with Gasteiger partial charge in [-0.3, -0.25) is 0 Å². The normalized spacial score (nSPS) is 10.7. The van der Waals surface area contributed by atoms with Gasteiger partial charge < -0.3 is 23.4 Å². The number of para-hydroxylation sites is 1. The van der Waals surface area contributed by atoms with Gasteiger partial charge in [-0.1, -0.05) is 18.2 Å². The summed E-state index contributed by atoms with van der Waals surface area (Å²) in [6.45, 7) is 0.607. The van der Waals surface area contributed by atoms with Crippen LogP contribution in [0.15, 0.2) is 52.9 Å². The molecule has 0 unspecified atom stereocenters. The van der Waals surface area contributed by atoms with E-state index in [2.05, 4.69) is 0 Å². The SMILES string of the molecule is COCc1c(C(=O)OCCOc2ccc(OC)cc2)oc2ccccc12. The molecule has 0 spiro atoms. The van der Waals surface area contributed by atoms with Gasteiger partial charge in [0, 0.05) is 18.1 Å². The van der Waals surface area contributed by atoms with Crippen molar-refractivity contribution < 1.29 is 28.2 Å². The van der Waals surface area contributed by atoms with Gasteiger partial charge in [-0.25, -0.2) is 4.79 Å². The van der Waals surface area contributed by atoms with Gasteiger partial charge in [-0.2, -0.15) is 0 Å². The molecule has 0 saturated carbocycles. The highest BCUT2D eigenvalue weighted by Crippen LogP contribution is 2.27. The lowest BCUT2D eigenvalue weighted by Gasteiger charge is -2.08. The molecule has 0 bridgehead atoms. The summed E-state index contributed by atoms with van der Waals surface area (Å²) in [6, 6.07) is 14.6. The molecule has 0 N–H and O–H groups in total. The molecule has 3 aromatic rings. The number of ether oxygens (including phenoxy) is 4. The van der Waals surface area contributed by atoms with Crippen molar-refractivity contribution in [1.82, 2.24) is 0 Å². The summed E-state index contributed by atoms with van der Waals surface area (Å²) in [6.07, 6.45) is 0. The van der Waals surface area contributed by atoms with Gasteiger partial charge in [0.1, 0.15) is 30.3 Å². The Balaban J connectivity index is 1.59. The van der Waals surface area contributed by atoms with Crippen molar-refractivity contribution in [2.45, 2.75) is 6.61 Å². The summed E-state index contributed by atoms with van der Waals surface area (Å²) in [5, 5.41) is 0.843. The van der Waals surface area contributed by atoms with Crippen LogP contribution in [0.25, 0.3) is 11.0 Å². The quantitative estimate of drug-likeness (QED) is 0.451. The van der Waals surface area contributed by atoms with Gasteiger partial charge >= 0.3 is 5.97 Å². The van der Waals surface area contributed by atoms with E-state index in [0.29, 0.717) is 16.9 Å². The van der Waals surface area contributed by atoms with Crippen molar-refractivity contribution in [3.8, 4) is 11.5 Å². The number of fused-ring (bicyclic) bond motifs is 1. The van der Waals surface area contributed by atoms with Crippen LogP contribution in [-0.4, -0.2) is 33.4 Å². The standard InChI is InChI=1S/C20H20O6/c1-22-13-17-16-5-3-4-6-18(16)26-19(17)20(21)25-12-11-24-15-9-7-14(23-2)8-10-15/h3-10H,11-13H2,1-2H3. The largest absolute Gasteiger partial charge is 0.497 e. The highest BCUT2D eigenvalue weighted by Gasteiger charge is 2.21. The Labute approximate surface area is 151 Å². The van der Waals surface area contributed by atoms with E-state index < -0.39 is 5.97 Å². The van der Waals surface area contributed by atoms with Crippen LogP contribution in [0.1, 0.15) is 16.1 Å². The number of carbonyl (C=O) groups is 1. The Morgan fingerprint density at radius 2 is 1.69 bits per heavy atom. The molecule has 6 heteroatoms. The van der Waals surface area contributed by atoms with Gasteiger partial charge in [0.05, 0.1) is 13.7 Å². The van der Waals surface area contributed by atoms with Crippen molar-refractivity contribution in [3.05, 3.63) is 59.9 Å². The van der Waals surface area contributed by atoms with E-state index in [1.807, 2.05) is 18.2 Å². The van der Waals surface area contributed by atoms with Crippen molar-refractivity contribution in [1.29, 1.82) is 0 Å². The van der Waals surface area contributed by atoms with Crippen LogP contribution in [0, 0.1) is 0 Å². The first-order chi connectivity index (χ1) is 12.7. The molecule has 0 radical (unpaired) electrons. The molecule has 0 atom stereocenters. The number of carbonyl (C=O) groups excluding carboxylic acids is 1. The number of hydrogen-bond donors (Lipinski definition) is 0. The van der Waals surface area contributed by atoms with Crippen LogP contribution >= 0.6 is 0 Å². The molecule has 1 aromatic heterocycles. The predicted molar refractivity (Wildman–Crippen MR) is 95.7 cm³/mol. The fourth-order valence-corrected chi connectivity index (χ4v) is 2.58. The average molecular weight is 356 g/mol. The fraction of sp³-hybridized carbons (Fsp3) is 0.250. The monoisotopic (exact) mass is 356 g/mol. The molecule has 136 valence electrons. The zero-order chi connectivity index (χ0) is 18.4. The van der Waals surface area contributed by atoms with Crippen LogP contribution in [0.3, 0.4) is 0 Å². The van der Waals surface area contributed by atoms with Crippen molar-refractivity contribution in [3.63, 3.8) is 0 Å². The molecule has 6 nitrogen and oxygen atoms in total. The minimum atomic E-state index is -0.536. The Morgan fingerprint density at radius 3 is 2.42 bits per heavy atom. The molecule has 0 saturated heterocycles. The number of furan rings is 1. The summed E-state index contributed by atoms with van der Waals surface area (Å²) in [5.41, 5.74) is 1.31. The number of rotatable bonds is 8. The van der Waals surface area contributed by atoms with E-state index in [1.165, 1.54) is 0 Å². The van der Waals surface area contributed by atoms with Gasteiger partial charge in [0.15, 0.2) is 0 Å². The number of benzene rings is 2. The molecule has 0 aliphatic carbocycles. The maximum atomic E-state index is 12.4. The van der Waals surface area contributed by atoms with E-state index in [0.717, 1.165) is 11.1 Å². The van der Waals surface area contributed by atoms with Crippen molar-refractivity contribution in [2.24, 2.45) is 0 Å². The van der Waals surface area contributed by atoms with Gasteiger partial charge in [0.25, 0.3) is 0 Å². The second kappa shape index (κ2) is 8.40. The Kier molecular flexibility index (Phi) is 5.76. The van der Waals surface area contributed by atoms with E-state index in [-0.39, 0.29) is 25.6 Å². The smallest absolute Gasteiger partial charge is 0.374 e. The molecule has 0 amide bonds. The molecule has 0 aliphatic heterocycles. The highest BCUT2D eigenvalue weighted by atomic mass is 16.6. The van der Waals surface area contributed by atoms with E-state index >= 15 is 0 Å². The lowest BCUT2D eigenvalue weighted by Crippen LogP contribution is -2.13. The zero-order valence-corrected chi connectivity index (χ0v) is 14.7. The molecule has 3 rings (SSSR count). The zero-order valence-electron chi connectivity index (χ0n) is 14.7. The van der Waals surface area contributed by atoms with Crippen LogP contribution < -0.4 is 9.47 Å². The first kappa shape index (κ1) is 17.8. The molecule has 1 heterocycles. The third-order valence-electron chi connectivity index (χ3n) is 3.82. The summed E-state index contributed by atoms with van der Waals surface area (Å²) in [4.78, 5) is 12.4. The minimum Gasteiger partial charge on any atom is -0.497 e. The Morgan fingerprint density at radius 1 is 0.962 bits per heavy atom. The van der Waals surface area contributed by atoms with Crippen LogP contribution in [0.5, 0.6) is 11.5 Å². The molecule has 2 aromatic carbocycles. The highest BCUT2D eigenvalue weighted by molar-refractivity contribution is 5.96. The average Bonchev–Trinajstić information content (AvgIpc) is 3.05. The van der Waals surface area contributed by atoms with Crippen molar-refractivity contribution >= 4 is 16.9 Å². The van der Waals surface area contributed by atoms with Gasteiger partial charge in [0.2, 0.25) is 5.76 Å². The van der Waals surface area contributed by atoms with Crippen LogP contribution in [0.2, 0.25) is 0 Å². The molecule has 26 heavy (non-hydrogen) atoms. The van der Waals surface area contributed by atoms with Gasteiger partial charge in [-0.05, 0) is 30.3 Å². The van der Waals surface area contributed by atoms with E-state index in [1.54, 1.807) is 44.6 Å². The Bertz CT molecular complexity index is 866. The lowest BCUT2D eigenvalue weighted by atomic mass is 10.1. The van der Waals surface area contributed by atoms with Gasteiger partial charge in [-0.15, -0.1) is 0 Å². The number of esters is 1. The van der Waals surface area contributed by atoms with E-state index in [9.17, 15) is 4.79 Å². The second-order valence-electron chi connectivity index (χ2n) is 5.50. The topological polar surface area (TPSA) is 67.1 Å². The summed E-state index contributed by atoms with van der Waals surface area (Å²) in [5.74, 6) is 1.05. The third kappa shape index (κ3) is 3.97. The lowest BCUT2D eigenvalue weighted by molar-refractivity contribution is 0.0411. The minimum absolute atomic E-state index is 0.105. The fourth-order valence-electron chi connectivity index (χ4n) is 2.58. The first-order valence-electron chi connectivity index (χ1n) is 8.16. The predicted octanol–water partition coefficient (Wildman–Crippen LogP) is 3.82. The van der Waals surface area contributed by atoms with E-state index in [4.69, 9.17) is 23.4 Å². The maximum absolute atomic E-state index is 12.4. The summed E-state index contributed by atoms with van der Waals surface area (Å²) < 4.78 is 26.7. The summed E-state index contributed by atoms with van der Waals surface area (Å²) >= 11 is 0. The van der Waals surface area contributed by atoms with Crippen molar-refractivity contribution in [2.75, 3.05) is 27.4 Å².